The van der Waals surface area contributed by atoms with Crippen LogP contribution in [0.5, 0.6) is 0 Å². The second-order valence-electron chi connectivity index (χ2n) is 3.87. The quantitative estimate of drug-likeness (QED) is 0.630. The Balaban J connectivity index is 6.14. The highest BCUT2D eigenvalue weighted by Gasteiger charge is 2.52. The van der Waals surface area contributed by atoms with Gasteiger partial charge >= 0.3 is 0 Å². The van der Waals surface area contributed by atoms with Crippen molar-refractivity contribution in [3.63, 3.8) is 0 Å². The van der Waals surface area contributed by atoms with Gasteiger partial charge in [0.2, 0.25) is 5.91 Å². The third-order valence-electron chi connectivity index (χ3n) is 2.18. The first-order valence-electron chi connectivity index (χ1n) is 4.70. The highest BCUT2D eigenvalue weighted by Crippen LogP contribution is 2.25. The van der Waals surface area contributed by atoms with Gasteiger partial charge in [-0.15, -0.1) is 0 Å². The number of hydrogen-bond donors (Lipinski definition) is 1. The molecule has 7 nitrogen and oxygen atoms in total. The van der Waals surface area contributed by atoms with Crippen LogP contribution in [-0.4, -0.2) is 45.2 Å². The van der Waals surface area contributed by atoms with Crippen LogP contribution in [0.15, 0.2) is 12.7 Å². The van der Waals surface area contributed by atoms with Crippen molar-refractivity contribution in [1.29, 1.82) is 0 Å². The summed E-state index contributed by atoms with van der Waals surface area (Å²) in [5.74, 6) is -1.68. The lowest BCUT2D eigenvalue weighted by atomic mass is 10.3. The summed E-state index contributed by atoms with van der Waals surface area (Å²) in [6.45, 7) is 4.13. The first-order valence-corrected chi connectivity index (χ1v) is 8.49. The lowest BCUT2D eigenvalue weighted by Gasteiger charge is -2.29. The monoisotopic (exact) mass is 297 g/mol. The summed E-state index contributed by atoms with van der Waals surface area (Å²) in [5.41, 5.74) is 0. The SMILES string of the molecule is C=CC(=O)NC(CC(C)=O)(S(C)(=O)=O)S(C)(=O)=O. The van der Waals surface area contributed by atoms with Crippen LogP contribution in [0.3, 0.4) is 0 Å². The fourth-order valence-electron chi connectivity index (χ4n) is 1.33. The maximum Gasteiger partial charge on any atom is 0.250 e. The van der Waals surface area contributed by atoms with E-state index in [1.807, 2.05) is 5.32 Å². The van der Waals surface area contributed by atoms with Gasteiger partial charge in [-0.1, -0.05) is 6.58 Å². The topological polar surface area (TPSA) is 114 Å². The molecule has 9 heteroatoms. The molecule has 104 valence electrons. The summed E-state index contributed by atoms with van der Waals surface area (Å²) in [4.78, 5) is 22.3. The number of sulfone groups is 2. The predicted octanol–water partition coefficient (Wildman–Crippen LogP) is -0.989. The Labute approximate surface area is 106 Å². The highest BCUT2D eigenvalue weighted by atomic mass is 32.3. The van der Waals surface area contributed by atoms with Crippen LogP contribution in [-0.2, 0) is 29.3 Å². The van der Waals surface area contributed by atoms with E-state index in [2.05, 4.69) is 6.58 Å². The fourth-order valence-corrected chi connectivity index (χ4v) is 5.04. The van der Waals surface area contributed by atoms with Crippen LogP contribution >= 0.6 is 0 Å². The molecule has 0 radical (unpaired) electrons. The van der Waals surface area contributed by atoms with Crippen molar-refractivity contribution in [3.05, 3.63) is 12.7 Å². The van der Waals surface area contributed by atoms with Gasteiger partial charge < -0.3 is 5.32 Å². The summed E-state index contributed by atoms with van der Waals surface area (Å²) >= 11 is 0. The van der Waals surface area contributed by atoms with Gasteiger partial charge in [-0.2, -0.15) is 0 Å². The molecule has 0 spiro atoms. The normalized spacial score (nSPS) is 12.8. The average Bonchev–Trinajstić information content (AvgIpc) is 2.12. The zero-order valence-corrected chi connectivity index (χ0v) is 11.9. The molecule has 0 aliphatic heterocycles. The number of carbonyl (C=O) groups excluding carboxylic acids is 2. The Morgan fingerprint density at radius 2 is 1.56 bits per heavy atom. The average molecular weight is 297 g/mol. The number of Topliss-reactive ketones (excluding diaryl/α,β-unsaturated/α-hetero) is 1. The maximum atomic E-state index is 11.7. The lowest BCUT2D eigenvalue weighted by molar-refractivity contribution is -0.118. The highest BCUT2D eigenvalue weighted by molar-refractivity contribution is 8.09. The molecule has 0 heterocycles. The summed E-state index contributed by atoms with van der Waals surface area (Å²) in [7, 11) is -8.55. The van der Waals surface area contributed by atoms with Crippen LogP contribution < -0.4 is 5.32 Å². The molecule has 0 aliphatic rings. The molecule has 0 aromatic carbocycles. The smallest absolute Gasteiger partial charge is 0.250 e. The van der Waals surface area contributed by atoms with E-state index in [0.29, 0.717) is 12.5 Å². The van der Waals surface area contributed by atoms with Gasteiger partial charge in [0.1, 0.15) is 5.78 Å². The van der Waals surface area contributed by atoms with Gasteiger partial charge in [0.05, 0.1) is 6.42 Å². The van der Waals surface area contributed by atoms with Gasteiger partial charge in [0.15, 0.2) is 19.7 Å². The van der Waals surface area contributed by atoms with E-state index in [4.69, 9.17) is 0 Å². The molecule has 0 aliphatic carbocycles. The second kappa shape index (κ2) is 5.19. The summed E-state index contributed by atoms with van der Waals surface area (Å²) in [5, 5.41) is 1.84. The van der Waals surface area contributed by atoms with Crippen molar-refractivity contribution in [2.75, 3.05) is 12.5 Å². The van der Waals surface area contributed by atoms with Gasteiger partial charge in [-0.3, -0.25) is 9.59 Å². The molecule has 1 N–H and O–H groups in total. The largest absolute Gasteiger partial charge is 0.321 e. The Bertz CT molecular complexity index is 540. The van der Waals surface area contributed by atoms with Gasteiger partial charge in [0, 0.05) is 12.5 Å². The van der Waals surface area contributed by atoms with Crippen molar-refractivity contribution in [2.45, 2.75) is 17.5 Å². The molecular formula is C9H15NO6S2. The number of nitrogens with one attached hydrogen (secondary N) is 1. The lowest BCUT2D eigenvalue weighted by Crippen LogP contribution is -2.59. The molecule has 1 amide bonds. The van der Waals surface area contributed by atoms with E-state index in [9.17, 15) is 26.4 Å². The Morgan fingerprint density at radius 1 is 1.17 bits per heavy atom. The fraction of sp³-hybridized carbons (Fsp3) is 0.556. The minimum atomic E-state index is -4.27. The van der Waals surface area contributed by atoms with E-state index in [1.165, 1.54) is 0 Å². The first-order chi connectivity index (χ1) is 7.87. The molecule has 0 atom stereocenters. The van der Waals surface area contributed by atoms with Crippen LogP contribution in [0.1, 0.15) is 13.3 Å². The number of ketones is 1. The van der Waals surface area contributed by atoms with Crippen molar-refractivity contribution >= 4 is 31.4 Å². The first kappa shape index (κ1) is 16.8. The van der Waals surface area contributed by atoms with Crippen LogP contribution in [0, 0.1) is 0 Å². The zero-order valence-electron chi connectivity index (χ0n) is 10.3. The van der Waals surface area contributed by atoms with E-state index < -0.39 is 42.0 Å². The van der Waals surface area contributed by atoms with E-state index in [-0.39, 0.29) is 0 Å². The number of amides is 1. The van der Waals surface area contributed by atoms with Crippen molar-refractivity contribution in [2.24, 2.45) is 0 Å². The zero-order chi connectivity index (χ0) is 14.8. The minimum Gasteiger partial charge on any atom is -0.321 e. The molecule has 0 saturated heterocycles. The molecular weight excluding hydrogens is 282 g/mol. The van der Waals surface area contributed by atoms with E-state index in [0.717, 1.165) is 13.0 Å². The van der Waals surface area contributed by atoms with Gasteiger partial charge in [-0.05, 0) is 13.0 Å². The van der Waals surface area contributed by atoms with Gasteiger partial charge in [0.25, 0.3) is 4.20 Å². The molecule has 0 aromatic heterocycles. The third-order valence-corrected chi connectivity index (χ3v) is 6.88. The Kier molecular flexibility index (Phi) is 4.84. The molecule has 0 fully saturated rings. The molecule has 0 saturated carbocycles. The van der Waals surface area contributed by atoms with Gasteiger partial charge in [-0.25, -0.2) is 16.8 Å². The molecule has 0 aromatic rings. The van der Waals surface area contributed by atoms with Crippen LogP contribution in [0.2, 0.25) is 0 Å². The molecule has 0 bridgehead atoms. The van der Waals surface area contributed by atoms with Crippen LogP contribution in [0.4, 0.5) is 0 Å². The van der Waals surface area contributed by atoms with Crippen molar-refractivity contribution in [3.8, 4) is 0 Å². The van der Waals surface area contributed by atoms with Crippen LogP contribution in [0.25, 0.3) is 0 Å². The Hall–Kier alpha value is -1.22. The molecule has 0 unspecified atom stereocenters. The number of rotatable bonds is 6. The third kappa shape index (κ3) is 3.39. The van der Waals surface area contributed by atoms with Crippen molar-refractivity contribution < 1.29 is 26.4 Å². The van der Waals surface area contributed by atoms with Crippen molar-refractivity contribution in [1.82, 2.24) is 5.32 Å². The number of hydrogen-bond acceptors (Lipinski definition) is 6. The summed E-state index contributed by atoms with van der Waals surface area (Å²) < 4.78 is 44.2. The molecule has 0 rings (SSSR count). The minimum absolute atomic E-state index is 0.639. The van der Waals surface area contributed by atoms with E-state index >= 15 is 0 Å². The second-order valence-corrected chi connectivity index (χ2v) is 8.61. The van der Waals surface area contributed by atoms with E-state index in [1.54, 1.807) is 0 Å². The predicted molar refractivity (Wildman–Crippen MR) is 66.1 cm³/mol. The number of carbonyl (C=O) groups is 2. The summed E-state index contributed by atoms with van der Waals surface area (Å²) in [6.07, 6.45) is 1.15. The summed E-state index contributed by atoms with van der Waals surface area (Å²) in [6, 6.07) is 0. The Morgan fingerprint density at radius 3 is 1.78 bits per heavy atom. The standard InChI is InChI=1S/C9H15NO6S2/c1-5-8(12)10-9(6-7(2)11,17(3,13)14)18(4,15)16/h5H,1,6H2,2-4H3,(H,10,12). The maximum absolute atomic E-state index is 11.7. The molecule has 18 heavy (non-hydrogen) atoms.